The Morgan fingerprint density at radius 2 is 1.30 bits per heavy atom. The van der Waals surface area contributed by atoms with Gasteiger partial charge in [-0.15, -0.1) is 0 Å². The van der Waals surface area contributed by atoms with Crippen molar-refractivity contribution in [2.45, 2.75) is 96.8 Å². The average molecular weight is 379 g/mol. The van der Waals surface area contributed by atoms with E-state index in [4.69, 9.17) is 9.84 Å². The van der Waals surface area contributed by atoms with Crippen molar-refractivity contribution in [1.82, 2.24) is 0 Å². The van der Waals surface area contributed by atoms with Crippen molar-refractivity contribution < 1.29 is 19.7 Å². The molecule has 2 N–H and O–H groups in total. The van der Waals surface area contributed by atoms with Crippen LogP contribution in [0.3, 0.4) is 0 Å². The van der Waals surface area contributed by atoms with E-state index in [2.05, 4.69) is 6.92 Å². The van der Waals surface area contributed by atoms with Crippen LogP contribution in [-0.4, -0.2) is 22.8 Å². The topological polar surface area (TPSA) is 66.8 Å². The fraction of sp³-hybridized carbons (Fsp3) is 0.696. The highest BCUT2D eigenvalue weighted by Crippen LogP contribution is 2.24. The van der Waals surface area contributed by atoms with E-state index in [1.165, 1.54) is 95.2 Å². The lowest BCUT2D eigenvalue weighted by atomic mass is 10.0. The number of hydrogen-bond donors (Lipinski definition) is 2. The molecule has 1 aromatic carbocycles. The zero-order valence-corrected chi connectivity index (χ0v) is 17.0. The Bertz CT molecular complexity index is 513. The van der Waals surface area contributed by atoms with Gasteiger partial charge in [0.15, 0.2) is 0 Å². The van der Waals surface area contributed by atoms with Crippen LogP contribution in [-0.2, 0) is 0 Å². The molecule has 0 saturated carbocycles. The van der Waals surface area contributed by atoms with Gasteiger partial charge in [0.1, 0.15) is 17.1 Å². The third kappa shape index (κ3) is 11.6. The highest BCUT2D eigenvalue weighted by molar-refractivity contribution is 5.91. The number of carboxylic acids is 1. The van der Waals surface area contributed by atoms with Gasteiger partial charge in [0, 0.05) is 6.07 Å². The Kier molecular flexibility index (Phi) is 13.3. The number of rotatable bonds is 17. The maximum absolute atomic E-state index is 11.1. The quantitative estimate of drug-likeness (QED) is 0.288. The molecule has 154 valence electrons. The molecule has 27 heavy (non-hydrogen) atoms. The molecule has 0 spiro atoms. The van der Waals surface area contributed by atoms with Crippen LogP contribution in [0.1, 0.15) is 107 Å². The lowest BCUT2D eigenvalue weighted by Gasteiger charge is -2.09. The highest BCUT2D eigenvalue weighted by atomic mass is 16.5. The van der Waals surface area contributed by atoms with Gasteiger partial charge >= 0.3 is 5.97 Å². The summed E-state index contributed by atoms with van der Waals surface area (Å²) < 4.78 is 5.55. The normalized spacial score (nSPS) is 10.9. The summed E-state index contributed by atoms with van der Waals surface area (Å²) in [6, 6.07) is 4.11. The minimum absolute atomic E-state index is 0.0240. The lowest BCUT2D eigenvalue weighted by Crippen LogP contribution is -2.04. The number of phenols is 1. The lowest BCUT2D eigenvalue weighted by molar-refractivity contribution is 0.0692. The molecule has 0 fully saturated rings. The van der Waals surface area contributed by atoms with Gasteiger partial charge < -0.3 is 14.9 Å². The van der Waals surface area contributed by atoms with Crippen LogP contribution in [0.5, 0.6) is 11.5 Å². The minimum atomic E-state index is -1.04. The van der Waals surface area contributed by atoms with Crippen LogP contribution in [0.2, 0.25) is 0 Å². The Morgan fingerprint density at radius 3 is 1.78 bits per heavy atom. The minimum Gasteiger partial charge on any atom is -0.508 e. The predicted molar refractivity (Wildman–Crippen MR) is 111 cm³/mol. The number of aromatic carboxylic acids is 1. The molecule has 0 unspecified atom stereocenters. The van der Waals surface area contributed by atoms with Gasteiger partial charge in [0.2, 0.25) is 0 Å². The molecule has 0 radical (unpaired) electrons. The average Bonchev–Trinajstić information content (AvgIpc) is 2.64. The zero-order chi connectivity index (χ0) is 19.7. The summed E-state index contributed by atoms with van der Waals surface area (Å²) in [5.74, 6) is -0.765. The van der Waals surface area contributed by atoms with Crippen molar-refractivity contribution >= 4 is 5.97 Å². The van der Waals surface area contributed by atoms with E-state index in [0.717, 1.165) is 12.8 Å². The van der Waals surface area contributed by atoms with E-state index in [1.54, 1.807) is 0 Å². The summed E-state index contributed by atoms with van der Waals surface area (Å²) in [7, 11) is 0. The monoisotopic (exact) mass is 378 g/mol. The van der Waals surface area contributed by atoms with Gasteiger partial charge in [-0.3, -0.25) is 0 Å². The summed E-state index contributed by atoms with van der Waals surface area (Å²) in [5, 5.41) is 18.6. The Hall–Kier alpha value is -1.71. The third-order valence-electron chi connectivity index (χ3n) is 4.95. The first-order valence-corrected chi connectivity index (χ1v) is 10.8. The van der Waals surface area contributed by atoms with Crippen LogP contribution in [0.4, 0.5) is 0 Å². The van der Waals surface area contributed by atoms with Crippen molar-refractivity contribution in [3.63, 3.8) is 0 Å². The number of benzene rings is 1. The van der Waals surface area contributed by atoms with Gasteiger partial charge in [0.05, 0.1) is 6.61 Å². The van der Waals surface area contributed by atoms with Crippen LogP contribution in [0, 0.1) is 0 Å². The highest BCUT2D eigenvalue weighted by Gasteiger charge is 2.11. The van der Waals surface area contributed by atoms with Gasteiger partial charge in [-0.2, -0.15) is 0 Å². The molecule has 1 aromatic rings. The number of hydrogen-bond acceptors (Lipinski definition) is 3. The SMILES string of the molecule is CCCCCCCCCCCCCCCCOc1cc(O)ccc1C(=O)O. The van der Waals surface area contributed by atoms with Crippen molar-refractivity contribution in [3.05, 3.63) is 23.8 Å². The molecule has 0 heterocycles. The second kappa shape index (κ2) is 15.4. The van der Waals surface area contributed by atoms with Crippen molar-refractivity contribution in [3.8, 4) is 11.5 Å². The molecular weight excluding hydrogens is 340 g/mol. The molecule has 4 nitrogen and oxygen atoms in total. The molecule has 0 bridgehead atoms. The fourth-order valence-electron chi connectivity index (χ4n) is 3.29. The van der Waals surface area contributed by atoms with Crippen LogP contribution in [0.25, 0.3) is 0 Å². The summed E-state index contributed by atoms with van der Waals surface area (Å²) >= 11 is 0. The Balaban J connectivity index is 1.94. The molecule has 0 aliphatic rings. The number of aromatic hydroxyl groups is 1. The molecule has 0 saturated heterocycles. The van der Waals surface area contributed by atoms with Crippen LogP contribution in [0.15, 0.2) is 18.2 Å². The molecule has 0 amide bonds. The van der Waals surface area contributed by atoms with Crippen molar-refractivity contribution in [1.29, 1.82) is 0 Å². The van der Waals surface area contributed by atoms with Gasteiger partial charge in [-0.25, -0.2) is 4.79 Å². The Morgan fingerprint density at radius 1 is 0.815 bits per heavy atom. The maximum Gasteiger partial charge on any atom is 0.339 e. The second-order valence-electron chi connectivity index (χ2n) is 7.43. The standard InChI is InChI=1S/C23H38O4/c1-2-3-4-5-6-7-8-9-10-11-12-13-14-15-18-27-22-19-20(24)16-17-21(22)23(25)26/h16-17,19,24H,2-15,18H2,1H3,(H,25,26). The van der Waals surface area contributed by atoms with Crippen LogP contribution >= 0.6 is 0 Å². The first kappa shape index (κ1) is 23.3. The number of phenolic OH excluding ortho intramolecular Hbond substituents is 1. The second-order valence-corrected chi connectivity index (χ2v) is 7.43. The van der Waals surface area contributed by atoms with E-state index in [-0.39, 0.29) is 17.1 Å². The Labute approximate surface area is 164 Å². The molecule has 0 atom stereocenters. The van der Waals surface area contributed by atoms with E-state index < -0.39 is 5.97 Å². The smallest absolute Gasteiger partial charge is 0.339 e. The van der Waals surface area contributed by atoms with E-state index in [0.29, 0.717) is 6.61 Å². The van der Waals surface area contributed by atoms with Gasteiger partial charge in [-0.05, 0) is 18.6 Å². The van der Waals surface area contributed by atoms with Crippen molar-refractivity contribution in [2.75, 3.05) is 6.61 Å². The fourth-order valence-corrected chi connectivity index (χ4v) is 3.29. The van der Waals surface area contributed by atoms with Crippen molar-refractivity contribution in [2.24, 2.45) is 0 Å². The summed E-state index contributed by atoms with van der Waals surface area (Å²) in [6.07, 6.45) is 18.2. The zero-order valence-electron chi connectivity index (χ0n) is 17.0. The first-order valence-electron chi connectivity index (χ1n) is 10.8. The molecule has 4 heteroatoms. The molecule has 1 rings (SSSR count). The van der Waals surface area contributed by atoms with E-state index in [9.17, 15) is 9.90 Å². The number of carboxylic acid groups (broad SMARTS) is 1. The molecule has 0 aliphatic carbocycles. The predicted octanol–water partition coefficient (Wildman–Crippen LogP) is 6.95. The summed E-state index contributed by atoms with van der Waals surface area (Å²) in [5.41, 5.74) is 0.0955. The number of unbranched alkanes of at least 4 members (excludes halogenated alkanes) is 13. The molecule has 0 aromatic heterocycles. The third-order valence-corrected chi connectivity index (χ3v) is 4.95. The molecular formula is C23H38O4. The largest absolute Gasteiger partial charge is 0.508 e. The number of carbonyl (C=O) groups is 1. The van der Waals surface area contributed by atoms with Gasteiger partial charge in [0.25, 0.3) is 0 Å². The maximum atomic E-state index is 11.1. The van der Waals surface area contributed by atoms with E-state index >= 15 is 0 Å². The molecule has 0 aliphatic heterocycles. The summed E-state index contributed by atoms with van der Waals surface area (Å²) in [4.78, 5) is 11.1. The summed E-state index contributed by atoms with van der Waals surface area (Å²) in [6.45, 7) is 2.75. The first-order chi connectivity index (χ1) is 13.1. The van der Waals surface area contributed by atoms with E-state index in [1.807, 2.05) is 0 Å². The number of ether oxygens (including phenoxy) is 1. The van der Waals surface area contributed by atoms with Gasteiger partial charge in [-0.1, -0.05) is 90.4 Å². The van der Waals surface area contributed by atoms with Crippen LogP contribution < -0.4 is 4.74 Å².